The molecule has 0 unspecified atom stereocenters. The van der Waals surface area contributed by atoms with Crippen LogP contribution < -0.4 is 5.32 Å². The van der Waals surface area contributed by atoms with Crippen molar-refractivity contribution in [3.8, 4) is 11.4 Å². The van der Waals surface area contributed by atoms with Crippen molar-refractivity contribution in [2.75, 3.05) is 0 Å². The first kappa shape index (κ1) is 10.5. The highest BCUT2D eigenvalue weighted by molar-refractivity contribution is 5.58. The molecule has 0 saturated carbocycles. The summed E-state index contributed by atoms with van der Waals surface area (Å²) in [5.74, 6) is 0.953. The fraction of sp³-hybridized carbons (Fsp3) is 0.385. The Labute approximate surface area is 101 Å². The molecule has 1 N–H and O–H groups in total. The minimum Gasteiger partial charge on any atom is -0.311 e. The first-order valence-corrected chi connectivity index (χ1v) is 5.98. The Morgan fingerprint density at radius 1 is 1.24 bits per heavy atom. The summed E-state index contributed by atoms with van der Waals surface area (Å²) in [4.78, 5) is 0. The molecule has 0 fully saturated rings. The topological polar surface area (TPSA) is 42.7 Å². The molecule has 0 aliphatic carbocycles. The fourth-order valence-electron chi connectivity index (χ4n) is 2.26. The van der Waals surface area contributed by atoms with E-state index in [1.165, 1.54) is 11.1 Å². The van der Waals surface area contributed by atoms with Crippen LogP contribution in [0.15, 0.2) is 24.5 Å². The van der Waals surface area contributed by atoms with Gasteiger partial charge < -0.3 is 9.88 Å². The van der Waals surface area contributed by atoms with Crippen LogP contribution in [0.4, 0.5) is 0 Å². The Balaban J connectivity index is 2.06. The maximum atomic E-state index is 4.23. The molecule has 0 atom stereocenters. The zero-order chi connectivity index (χ0) is 11.8. The van der Waals surface area contributed by atoms with Gasteiger partial charge in [0.2, 0.25) is 0 Å². The van der Waals surface area contributed by atoms with Crippen molar-refractivity contribution in [2.24, 2.45) is 0 Å². The van der Waals surface area contributed by atoms with Crippen LogP contribution in [-0.2, 0) is 13.1 Å². The first-order chi connectivity index (χ1) is 8.25. The van der Waals surface area contributed by atoms with Crippen molar-refractivity contribution in [3.63, 3.8) is 0 Å². The lowest BCUT2D eigenvalue weighted by atomic mass is 10.1. The lowest BCUT2D eigenvalue weighted by Gasteiger charge is -2.10. The van der Waals surface area contributed by atoms with Gasteiger partial charge in [-0.1, -0.05) is 12.1 Å². The molecule has 0 saturated heterocycles. The van der Waals surface area contributed by atoms with Crippen LogP contribution in [0.2, 0.25) is 0 Å². The van der Waals surface area contributed by atoms with Gasteiger partial charge in [0.05, 0.1) is 0 Å². The Morgan fingerprint density at radius 2 is 2.06 bits per heavy atom. The number of hydrogen-bond donors (Lipinski definition) is 1. The van der Waals surface area contributed by atoms with E-state index in [9.17, 15) is 0 Å². The molecule has 1 aromatic heterocycles. The third-order valence-corrected chi connectivity index (χ3v) is 3.22. The highest BCUT2D eigenvalue weighted by atomic mass is 15.3. The molecule has 0 radical (unpaired) electrons. The standard InChI is InChI=1S/C13H16N4/c1-9(2)17-8-15-16-13(17)10-3-4-11-6-14-7-12(11)5-10/h3-5,8-9,14H,6-7H2,1-2H3. The van der Waals surface area contributed by atoms with E-state index in [-0.39, 0.29) is 0 Å². The van der Waals surface area contributed by atoms with Gasteiger partial charge in [0.15, 0.2) is 5.82 Å². The SMILES string of the molecule is CC(C)n1cnnc1-c1ccc2c(c1)CNC2. The Morgan fingerprint density at radius 3 is 2.88 bits per heavy atom. The lowest BCUT2D eigenvalue weighted by molar-refractivity contribution is 0.604. The molecule has 0 bridgehead atoms. The van der Waals surface area contributed by atoms with Gasteiger partial charge in [-0.3, -0.25) is 0 Å². The van der Waals surface area contributed by atoms with E-state index < -0.39 is 0 Å². The van der Waals surface area contributed by atoms with E-state index in [0.29, 0.717) is 6.04 Å². The largest absolute Gasteiger partial charge is 0.311 e. The average molecular weight is 228 g/mol. The molecule has 0 amide bonds. The second kappa shape index (κ2) is 3.96. The molecule has 2 heterocycles. The molecule has 0 spiro atoms. The Bertz CT molecular complexity index is 542. The van der Waals surface area contributed by atoms with E-state index in [1.807, 2.05) is 0 Å². The van der Waals surface area contributed by atoms with E-state index in [2.05, 4.69) is 52.1 Å². The molecule has 1 aliphatic rings. The van der Waals surface area contributed by atoms with Crippen LogP contribution in [0.25, 0.3) is 11.4 Å². The fourth-order valence-corrected chi connectivity index (χ4v) is 2.26. The van der Waals surface area contributed by atoms with Gasteiger partial charge in [-0.15, -0.1) is 10.2 Å². The van der Waals surface area contributed by atoms with Crippen LogP contribution in [-0.4, -0.2) is 14.8 Å². The van der Waals surface area contributed by atoms with Crippen molar-refractivity contribution in [1.29, 1.82) is 0 Å². The smallest absolute Gasteiger partial charge is 0.163 e. The summed E-state index contributed by atoms with van der Waals surface area (Å²) < 4.78 is 2.10. The van der Waals surface area contributed by atoms with Crippen molar-refractivity contribution < 1.29 is 0 Å². The zero-order valence-corrected chi connectivity index (χ0v) is 10.1. The summed E-state index contributed by atoms with van der Waals surface area (Å²) >= 11 is 0. The Hall–Kier alpha value is -1.68. The summed E-state index contributed by atoms with van der Waals surface area (Å²) in [5.41, 5.74) is 3.92. The van der Waals surface area contributed by atoms with E-state index in [4.69, 9.17) is 0 Å². The average Bonchev–Trinajstić information content (AvgIpc) is 2.96. The molecular weight excluding hydrogens is 212 g/mol. The molecular formula is C13H16N4. The minimum absolute atomic E-state index is 0.381. The summed E-state index contributed by atoms with van der Waals surface area (Å²) in [5, 5.41) is 11.6. The molecule has 1 aliphatic heterocycles. The number of aromatic nitrogens is 3. The predicted molar refractivity (Wildman–Crippen MR) is 66.4 cm³/mol. The van der Waals surface area contributed by atoms with Crippen LogP contribution in [0, 0.1) is 0 Å². The van der Waals surface area contributed by atoms with Gasteiger partial charge in [0.25, 0.3) is 0 Å². The second-order valence-corrected chi connectivity index (χ2v) is 4.74. The highest BCUT2D eigenvalue weighted by Gasteiger charge is 2.14. The number of nitrogens with one attached hydrogen (secondary N) is 1. The van der Waals surface area contributed by atoms with Crippen molar-refractivity contribution >= 4 is 0 Å². The molecule has 3 rings (SSSR count). The molecule has 2 aromatic rings. The van der Waals surface area contributed by atoms with Crippen LogP contribution >= 0.6 is 0 Å². The van der Waals surface area contributed by atoms with Gasteiger partial charge in [0, 0.05) is 24.7 Å². The van der Waals surface area contributed by atoms with E-state index in [1.54, 1.807) is 6.33 Å². The summed E-state index contributed by atoms with van der Waals surface area (Å²) in [6, 6.07) is 6.92. The number of fused-ring (bicyclic) bond motifs is 1. The normalized spacial score (nSPS) is 14.3. The number of rotatable bonds is 2. The van der Waals surface area contributed by atoms with Gasteiger partial charge >= 0.3 is 0 Å². The summed E-state index contributed by atoms with van der Waals surface area (Å²) in [6.07, 6.45) is 1.80. The van der Waals surface area contributed by atoms with Gasteiger partial charge in [-0.25, -0.2) is 0 Å². The molecule has 17 heavy (non-hydrogen) atoms. The number of benzene rings is 1. The molecule has 1 aromatic carbocycles. The molecule has 4 heteroatoms. The molecule has 88 valence electrons. The maximum Gasteiger partial charge on any atom is 0.163 e. The Kier molecular flexibility index (Phi) is 2.44. The van der Waals surface area contributed by atoms with Crippen molar-refractivity contribution in [2.45, 2.75) is 33.0 Å². The van der Waals surface area contributed by atoms with Crippen molar-refractivity contribution in [3.05, 3.63) is 35.7 Å². The van der Waals surface area contributed by atoms with Crippen LogP contribution in [0.1, 0.15) is 31.0 Å². The monoisotopic (exact) mass is 228 g/mol. The van der Waals surface area contributed by atoms with Crippen molar-refractivity contribution in [1.82, 2.24) is 20.1 Å². The van der Waals surface area contributed by atoms with E-state index >= 15 is 0 Å². The maximum absolute atomic E-state index is 4.23. The minimum atomic E-state index is 0.381. The van der Waals surface area contributed by atoms with Gasteiger partial charge in [0.1, 0.15) is 6.33 Å². The van der Waals surface area contributed by atoms with Gasteiger partial charge in [-0.05, 0) is 31.0 Å². The summed E-state index contributed by atoms with van der Waals surface area (Å²) in [7, 11) is 0. The quantitative estimate of drug-likeness (QED) is 0.856. The first-order valence-electron chi connectivity index (χ1n) is 5.98. The molecule has 4 nitrogen and oxygen atoms in total. The van der Waals surface area contributed by atoms with Crippen LogP contribution in [0.3, 0.4) is 0 Å². The highest BCUT2D eigenvalue weighted by Crippen LogP contribution is 2.25. The predicted octanol–water partition coefficient (Wildman–Crippen LogP) is 2.13. The third kappa shape index (κ3) is 1.74. The third-order valence-electron chi connectivity index (χ3n) is 3.22. The lowest BCUT2D eigenvalue weighted by Crippen LogP contribution is -2.02. The second-order valence-electron chi connectivity index (χ2n) is 4.74. The zero-order valence-electron chi connectivity index (χ0n) is 10.1. The number of nitrogens with zero attached hydrogens (tertiary/aromatic N) is 3. The van der Waals surface area contributed by atoms with Gasteiger partial charge in [-0.2, -0.15) is 0 Å². The van der Waals surface area contributed by atoms with E-state index in [0.717, 1.165) is 24.5 Å². The van der Waals surface area contributed by atoms with Crippen LogP contribution in [0.5, 0.6) is 0 Å². The number of hydrogen-bond acceptors (Lipinski definition) is 3. The summed E-state index contributed by atoms with van der Waals surface area (Å²) in [6.45, 7) is 6.22.